The Morgan fingerprint density at radius 3 is 2.38 bits per heavy atom. The molecule has 0 aliphatic carbocycles. The summed E-state index contributed by atoms with van der Waals surface area (Å²) in [5, 5.41) is 0. The summed E-state index contributed by atoms with van der Waals surface area (Å²) in [5.74, 6) is 0.951. The van der Waals surface area contributed by atoms with E-state index in [1.807, 2.05) is 24.3 Å². The molecule has 0 spiro atoms. The van der Waals surface area contributed by atoms with Gasteiger partial charge in [0.25, 0.3) is 0 Å². The van der Waals surface area contributed by atoms with E-state index in [-0.39, 0.29) is 0 Å². The second-order valence-electron chi connectivity index (χ2n) is 4.78. The number of hydrogen-bond acceptors (Lipinski definition) is 4. The fourth-order valence-electron chi connectivity index (χ4n) is 2.50. The van der Waals surface area contributed by atoms with Crippen molar-refractivity contribution in [2.75, 3.05) is 4.90 Å². The molecule has 0 aromatic heterocycles. The molecule has 2 heterocycles. The summed E-state index contributed by atoms with van der Waals surface area (Å²) in [6.45, 7) is 0. The number of anilines is 1. The zero-order valence-electron chi connectivity index (χ0n) is 11.2. The van der Waals surface area contributed by atoms with Crippen LogP contribution in [-0.2, 0) is 0 Å². The van der Waals surface area contributed by atoms with Crippen molar-refractivity contribution < 1.29 is 0 Å². The maximum Gasteiger partial charge on any atom is 0.172 e. The first-order chi connectivity index (χ1) is 10.4. The van der Waals surface area contributed by atoms with Crippen molar-refractivity contribution >= 4 is 29.2 Å². The Bertz CT molecular complexity index is 748. The normalized spacial score (nSPS) is 16.6. The van der Waals surface area contributed by atoms with Crippen molar-refractivity contribution in [2.45, 2.75) is 0 Å². The number of nitrogens with zero attached hydrogens (tertiary/aromatic N) is 2. The summed E-state index contributed by atoms with van der Waals surface area (Å²) >= 11 is 1.37. The Morgan fingerprint density at radius 1 is 0.905 bits per heavy atom. The Morgan fingerprint density at radius 2 is 1.62 bits per heavy atom. The summed E-state index contributed by atoms with van der Waals surface area (Å²) in [4.78, 5) is 2.11. The molecule has 2 aliphatic rings. The summed E-state index contributed by atoms with van der Waals surface area (Å²) < 4.78 is 7.84. The number of hydrogen-bond donors (Lipinski definition) is 1. The van der Waals surface area contributed by atoms with E-state index in [9.17, 15) is 0 Å². The van der Waals surface area contributed by atoms with E-state index in [1.54, 1.807) is 0 Å². The number of benzene rings is 2. The lowest BCUT2D eigenvalue weighted by Gasteiger charge is -2.25. The van der Waals surface area contributed by atoms with Crippen LogP contribution in [-0.4, -0.2) is 5.84 Å². The van der Waals surface area contributed by atoms with Gasteiger partial charge in [-0.05, 0) is 23.8 Å². The van der Waals surface area contributed by atoms with Crippen LogP contribution >= 0.6 is 12.1 Å². The van der Waals surface area contributed by atoms with Crippen molar-refractivity contribution in [2.24, 2.45) is 4.40 Å². The van der Waals surface area contributed by atoms with Crippen molar-refractivity contribution in [1.82, 2.24) is 4.72 Å². The highest BCUT2D eigenvalue weighted by atomic mass is 32.2. The van der Waals surface area contributed by atoms with Crippen LogP contribution in [0.3, 0.4) is 0 Å². The number of allylic oxidation sites excluding steroid dienone is 2. The third-order valence-corrected chi connectivity index (χ3v) is 4.07. The van der Waals surface area contributed by atoms with Gasteiger partial charge in [-0.25, -0.2) is 0 Å². The van der Waals surface area contributed by atoms with Gasteiger partial charge in [0.05, 0.1) is 17.8 Å². The fraction of sp³-hybridized carbons (Fsp3) is 0. The third kappa shape index (κ3) is 2.14. The van der Waals surface area contributed by atoms with Gasteiger partial charge in [0, 0.05) is 17.5 Å². The first kappa shape index (κ1) is 12.3. The van der Waals surface area contributed by atoms with E-state index in [4.69, 9.17) is 0 Å². The van der Waals surface area contributed by atoms with Gasteiger partial charge in [-0.1, -0.05) is 48.5 Å². The van der Waals surface area contributed by atoms with Crippen LogP contribution in [0.4, 0.5) is 5.69 Å². The van der Waals surface area contributed by atoms with Crippen LogP contribution in [0.15, 0.2) is 83.0 Å². The summed E-state index contributed by atoms with van der Waals surface area (Å²) in [5.41, 5.74) is 4.55. The molecule has 2 aromatic rings. The van der Waals surface area contributed by atoms with E-state index >= 15 is 0 Å². The van der Waals surface area contributed by atoms with Gasteiger partial charge in [0.1, 0.15) is 0 Å². The Kier molecular flexibility index (Phi) is 3.01. The molecule has 0 radical (unpaired) electrons. The third-order valence-electron chi connectivity index (χ3n) is 3.51. The predicted octanol–water partition coefficient (Wildman–Crippen LogP) is 4.00. The average molecular weight is 291 g/mol. The maximum atomic E-state index is 4.53. The molecule has 3 nitrogen and oxygen atoms in total. The van der Waals surface area contributed by atoms with Crippen LogP contribution in [0.25, 0.3) is 5.57 Å². The maximum absolute atomic E-state index is 4.53. The van der Waals surface area contributed by atoms with Crippen molar-refractivity contribution in [3.63, 3.8) is 0 Å². The summed E-state index contributed by atoms with van der Waals surface area (Å²) in [6.07, 6.45) is 4.21. The molecule has 21 heavy (non-hydrogen) atoms. The van der Waals surface area contributed by atoms with E-state index in [2.05, 4.69) is 62.7 Å². The van der Waals surface area contributed by atoms with Gasteiger partial charge in [0.2, 0.25) is 0 Å². The van der Waals surface area contributed by atoms with Gasteiger partial charge in [-0.2, -0.15) is 4.40 Å². The van der Waals surface area contributed by atoms with Crippen LogP contribution in [0, 0.1) is 0 Å². The number of fused-ring (bicyclic) bond motifs is 1. The monoisotopic (exact) mass is 291 g/mol. The van der Waals surface area contributed by atoms with Gasteiger partial charge in [-0.15, -0.1) is 0 Å². The lowest BCUT2D eigenvalue weighted by molar-refractivity contribution is 1.26. The average Bonchev–Trinajstić information content (AvgIpc) is 3.05. The van der Waals surface area contributed by atoms with Gasteiger partial charge >= 0.3 is 0 Å². The molecule has 4 rings (SSSR count). The molecule has 102 valence electrons. The number of rotatable bonds is 2. The van der Waals surface area contributed by atoms with E-state index in [0.717, 1.165) is 17.2 Å². The molecule has 0 atom stereocenters. The van der Waals surface area contributed by atoms with E-state index in [1.165, 1.54) is 23.3 Å². The second-order valence-corrected chi connectivity index (χ2v) is 5.35. The predicted molar refractivity (Wildman–Crippen MR) is 89.6 cm³/mol. The minimum Gasteiger partial charge on any atom is -0.307 e. The highest BCUT2D eigenvalue weighted by Crippen LogP contribution is 2.33. The highest BCUT2D eigenvalue weighted by molar-refractivity contribution is 7.96. The fourth-order valence-corrected chi connectivity index (χ4v) is 3.10. The standard InChI is InChI=1S/C17H13N3S/c1-3-7-13(8-4-1)15-11-12-20(14-9-5-2-6-10-14)17-16(15)18-21-19-17/h1-12,18H. The van der Waals surface area contributed by atoms with Crippen molar-refractivity contribution in [3.05, 3.63) is 84.2 Å². The highest BCUT2D eigenvalue weighted by Gasteiger charge is 2.27. The molecular weight excluding hydrogens is 278 g/mol. The molecule has 0 amide bonds. The molecule has 0 fully saturated rings. The Hall–Kier alpha value is -2.46. The lowest BCUT2D eigenvalue weighted by Crippen LogP contribution is -2.30. The van der Waals surface area contributed by atoms with E-state index < -0.39 is 0 Å². The largest absolute Gasteiger partial charge is 0.307 e. The molecule has 2 aromatic carbocycles. The lowest BCUT2D eigenvalue weighted by atomic mass is 10.0. The second kappa shape index (κ2) is 5.14. The topological polar surface area (TPSA) is 27.6 Å². The van der Waals surface area contributed by atoms with Crippen LogP contribution in [0.1, 0.15) is 5.56 Å². The number of para-hydroxylation sites is 1. The van der Waals surface area contributed by atoms with Crippen LogP contribution in [0.5, 0.6) is 0 Å². The summed E-state index contributed by atoms with van der Waals surface area (Å²) in [6, 6.07) is 20.6. The number of nitrogens with one attached hydrogen (secondary N) is 1. The van der Waals surface area contributed by atoms with Gasteiger partial charge in [0.15, 0.2) is 5.84 Å². The van der Waals surface area contributed by atoms with Crippen LogP contribution in [0.2, 0.25) is 0 Å². The molecule has 0 unspecified atom stereocenters. The Labute approximate surface area is 128 Å². The molecule has 0 saturated heterocycles. The smallest absolute Gasteiger partial charge is 0.172 e. The molecule has 0 bridgehead atoms. The molecule has 1 N–H and O–H groups in total. The number of amidine groups is 1. The zero-order valence-corrected chi connectivity index (χ0v) is 12.0. The van der Waals surface area contributed by atoms with Gasteiger partial charge in [-0.3, -0.25) is 4.90 Å². The molecule has 2 aliphatic heterocycles. The van der Waals surface area contributed by atoms with Crippen molar-refractivity contribution in [3.8, 4) is 0 Å². The minimum absolute atomic E-state index is 0.951. The molecule has 0 saturated carbocycles. The van der Waals surface area contributed by atoms with Crippen molar-refractivity contribution in [1.29, 1.82) is 0 Å². The first-order valence-electron chi connectivity index (χ1n) is 6.76. The summed E-state index contributed by atoms with van der Waals surface area (Å²) in [7, 11) is 0. The van der Waals surface area contributed by atoms with Gasteiger partial charge < -0.3 is 4.72 Å². The quantitative estimate of drug-likeness (QED) is 0.848. The zero-order chi connectivity index (χ0) is 14.1. The van der Waals surface area contributed by atoms with E-state index in [0.29, 0.717) is 0 Å². The first-order valence-corrected chi connectivity index (χ1v) is 7.53. The van der Waals surface area contributed by atoms with Crippen LogP contribution < -0.4 is 9.62 Å². The Balaban J connectivity index is 1.78. The minimum atomic E-state index is 0.951. The SMILES string of the molecule is C1=CN(c2ccccc2)C2=NSNC2=C1c1ccccc1. The molecule has 4 heteroatoms. The molecular formula is C17H13N3S.